The maximum absolute atomic E-state index is 12.3. The Morgan fingerprint density at radius 2 is 1.83 bits per heavy atom. The van der Waals surface area contributed by atoms with Gasteiger partial charge in [0.25, 0.3) is 0 Å². The number of nitrogens with zero attached hydrogens (tertiary/aromatic N) is 1. The van der Waals surface area contributed by atoms with Crippen LogP contribution in [-0.4, -0.2) is 26.3 Å². The highest BCUT2D eigenvalue weighted by Gasteiger charge is 2.24. The van der Waals surface area contributed by atoms with Crippen LogP contribution < -0.4 is 0 Å². The van der Waals surface area contributed by atoms with Crippen molar-refractivity contribution < 1.29 is 8.42 Å². The van der Waals surface area contributed by atoms with Crippen LogP contribution in [0.5, 0.6) is 0 Å². The van der Waals surface area contributed by atoms with E-state index in [1.165, 1.54) is 23.5 Å². The minimum atomic E-state index is -3.60. The molecule has 0 aliphatic rings. The summed E-state index contributed by atoms with van der Waals surface area (Å²) in [5, 5.41) is 0.476. The number of hydrogen-bond donors (Lipinski definition) is 0. The Morgan fingerprint density at radius 1 is 1.22 bits per heavy atom. The third kappa shape index (κ3) is 3.31. The Morgan fingerprint density at radius 3 is 2.33 bits per heavy atom. The summed E-state index contributed by atoms with van der Waals surface area (Å²) in [5.74, 6) is 0.135. The maximum atomic E-state index is 12.3. The first-order chi connectivity index (χ1) is 8.34. The zero-order valence-corrected chi connectivity index (χ0v) is 13.2. The maximum Gasteiger partial charge on any atom is 0.244 e. The van der Waals surface area contributed by atoms with Crippen LogP contribution in [0.15, 0.2) is 17.0 Å². The van der Waals surface area contributed by atoms with Crippen LogP contribution >= 0.6 is 34.8 Å². The molecule has 1 aromatic rings. The molecule has 0 amide bonds. The summed E-state index contributed by atoms with van der Waals surface area (Å²) in [7, 11) is -2.08. The fourth-order valence-electron chi connectivity index (χ4n) is 1.47. The van der Waals surface area contributed by atoms with E-state index in [9.17, 15) is 8.42 Å². The van der Waals surface area contributed by atoms with E-state index < -0.39 is 10.0 Å². The van der Waals surface area contributed by atoms with Gasteiger partial charge in [0, 0.05) is 24.5 Å². The molecule has 0 heterocycles. The van der Waals surface area contributed by atoms with Gasteiger partial charge >= 0.3 is 0 Å². The van der Waals surface area contributed by atoms with E-state index in [0.717, 1.165) is 6.42 Å². The summed E-state index contributed by atoms with van der Waals surface area (Å²) in [4.78, 5) is 0.0418. The molecule has 7 heteroatoms. The van der Waals surface area contributed by atoms with Crippen molar-refractivity contribution in [2.75, 3.05) is 13.6 Å². The van der Waals surface area contributed by atoms with Gasteiger partial charge in [-0.05, 0) is 24.1 Å². The molecule has 0 atom stereocenters. The van der Waals surface area contributed by atoms with Crippen molar-refractivity contribution in [2.24, 2.45) is 0 Å². The van der Waals surface area contributed by atoms with E-state index in [2.05, 4.69) is 0 Å². The van der Waals surface area contributed by atoms with Crippen LogP contribution in [0.3, 0.4) is 0 Å². The first-order valence-electron chi connectivity index (χ1n) is 5.34. The van der Waals surface area contributed by atoms with Crippen molar-refractivity contribution in [3.63, 3.8) is 0 Å². The predicted octanol–water partition coefficient (Wildman–Crippen LogP) is 3.76. The molecule has 0 unspecified atom stereocenters. The second-order valence-electron chi connectivity index (χ2n) is 3.83. The Kier molecular flexibility index (Phi) is 5.74. The number of benzene rings is 1. The molecule has 0 saturated carbocycles. The highest BCUT2D eigenvalue weighted by atomic mass is 35.5. The number of alkyl halides is 1. The van der Waals surface area contributed by atoms with Crippen LogP contribution in [0, 0.1) is 0 Å². The molecule has 18 heavy (non-hydrogen) atoms. The SMILES string of the molecule is CCCN(C)S(=O)(=O)c1cc(CCl)c(Cl)cc1Cl. The molecular weight excluding hydrogens is 317 g/mol. The van der Waals surface area contributed by atoms with Gasteiger partial charge in [-0.15, -0.1) is 11.6 Å². The summed E-state index contributed by atoms with van der Waals surface area (Å²) < 4.78 is 25.8. The van der Waals surface area contributed by atoms with Gasteiger partial charge in [0.15, 0.2) is 0 Å². The normalized spacial score (nSPS) is 12.1. The van der Waals surface area contributed by atoms with E-state index in [-0.39, 0.29) is 15.8 Å². The molecule has 3 nitrogen and oxygen atoms in total. The highest BCUT2D eigenvalue weighted by Crippen LogP contribution is 2.31. The Bertz CT molecular complexity index is 531. The summed E-state index contributed by atoms with van der Waals surface area (Å²) in [5.41, 5.74) is 0.547. The standard InChI is InChI=1S/C11H14Cl3NO2S/c1-3-4-15(2)18(16,17)11-5-8(7-12)9(13)6-10(11)14/h5-6H,3-4,7H2,1-2H3. The molecule has 0 bridgehead atoms. The lowest BCUT2D eigenvalue weighted by Gasteiger charge is -2.18. The van der Waals surface area contributed by atoms with Gasteiger partial charge in [-0.2, -0.15) is 0 Å². The third-order valence-electron chi connectivity index (χ3n) is 2.47. The van der Waals surface area contributed by atoms with Crippen molar-refractivity contribution >= 4 is 44.8 Å². The Hall–Kier alpha value is -0.000000000000000111. The van der Waals surface area contributed by atoms with Gasteiger partial charge < -0.3 is 0 Å². The number of rotatable bonds is 5. The van der Waals surface area contributed by atoms with E-state index in [4.69, 9.17) is 34.8 Å². The minimum Gasteiger partial charge on any atom is -0.207 e. The number of sulfonamides is 1. The predicted molar refractivity (Wildman–Crippen MR) is 76.1 cm³/mol. The molecule has 0 aliphatic carbocycles. The van der Waals surface area contributed by atoms with Gasteiger partial charge in [0.1, 0.15) is 4.90 Å². The monoisotopic (exact) mass is 329 g/mol. The van der Waals surface area contributed by atoms with Gasteiger partial charge in [-0.25, -0.2) is 12.7 Å². The first kappa shape index (κ1) is 16.1. The van der Waals surface area contributed by atoms with Crippen molar-refractivity contribution in [1.82, 2.24) is 4.31 Å². The molecule has 0 N–H and O–H groups in total. The van der Waals surface area contributed by atoms with Crippen molar-refractivity contribution in [3.8, 4) is 0 Å². The smallest absolute Gasteiger partial charge is 0.207 e. The largest absolute Gasteiger partial charge is 0.244 e. The molecular formula is C11H14Cl3NO2S. The molecule has 102 valence electrons. The molecule has 0 spiro atoms. The average molecular weight is 331 g/mol. The molecule has 0 aromatic heterocycles. The van der Waals surface area contributed by atoms with Crippen LogP contribution in [-0.2, 0) is 15.9 Å². The minimum absolute atomic E-state index is 0.0418. The first-order valence-corrected chi connectivity index (χ1v) is 8.07. The molecule has 0 aliphatic heterocycles. The highest BCUT2D eigenvalue weighted by molar-refractivity contribution is 7.89. The Balaban J connectivity index is 3.32. The number of halogens is 3. The lowest BCUT2D eigenvalue weighted by atomic mass is 10.2. The van der Waals surface area contributed by atoms with E-state index in [1.54, 1.807) is 0 Å². The van der Waals surface area contributed by atoms with Crippen LogP contribution in [0.2, 0.25) is 10.0 Å². The third-order valence-corrected chi connectivity index (χ3v) is 5.43. The van der Waals surface area contributed by atoms with Crippen LogP contribution in [0.4, 0.5) is 0 Å². The van der Waals surface area contributed by atoms with Gasteiger partial charge in [-0.3, -0.25) is 0 Å². The van der Waals surface area contributed by atoms with Crippen LogP contribution in [0.25, 0.3) is 0 Å². The van der Waals surface area contributed by atoms with Gasteiger partial charge in [0.2, 0.25) is 10.0 Å². The van der Waals surface area contributed by atoms with E-state index in [0.29, 0.717) is 17.1 Å². The fraction of sp³-hybridized carbons (Fsp3) is 0.455. The molecule has 0 fully saturated rings. The molecule has 0 radical (unpaired) electrons. The summed E-state index contributed by atoms with van der Waals surface area (Å²) in [6.07, 6.45) is 0.725. The Labute approximate surface area is 123 Å². The van der Waals surface area contributed by atoms with Crippen LogP contribution in [0.1, 0.15) is 18.9 Å². The lowest BCUT2D eigenvalue weighted by Crippen LogP contribution is -2.28. The van der Waals surface area contributed by atoms with Crippen molar-refractivity contribution in [3.05, 3.63) is 27.7 Å². The zero-order chi connectivity index (χ0) is 13.9. The molecule has 1 rings (SSSR count). The summed E-state index contributed by atoms with van der Waals surface area (Å²) in [6.45, 7) is 2.33. The second-order valence-corrected chi connectivity index (χ2v) is 6.93. The number of hydrogen-bond acceptors (Lipinski definition) is 2. The summed E-state index contributed by atoms with van der Waals surface area (Å²) >= 11 is 17.6. The van der Waals surface area contributed by atoms with Crippen molar-refractivity contribution in [2.45, 2.75) is 24.1 Å². The fourth-order valence-corrected chi connectivity index (χ4v) is 3.86. The summed E-state index contributed by atoms with van der Waals surface area (Å²) in [6, 6.07) is 2.84. The average Bonchev–Trinajstić information content (AvgIpc) is 2.29. The quantitative estimate of drug-likeness (QED) is 0.771. The van der Waals surface area contributed by atoms with Gasteiger partial charge in [0.05, 0.1) is 5.02 Å². The molecule has 1 aromatic carbocycles. The second kappa shape index (κ2) is 6.44. The molecule has 0 saturated heterocycles. The lowest BCUT2D eigenvalue weighted by molar-refractivity contribution is 0.468. The van der Waals surface area contributed by atoms with E-state index in [1.807, 2.05) is 6.92 Å². The van der Waals surface area contributed by atoms with Crippen molar-refractivity contribution in [1.29, 1.82) is 0 Å². The zero-order valence-electron chi connectivity index (χ0n) is 10.1. The topological polar surface area (TPSA) is 37.4 Å². The van der Waals surface area contributed by atoms with E-state index >= 15 is 0 Å². The van der Waals surface area contributed by atoms with Gasteiger partial charge in [-0.1, -0.05) is 30.1 Å².